The first-order chi connectivity index (χ1) is 6.91. The van der Waals surface area contributed by atoms with Crippen LogP contribution in [0.2, 0.25) is 0 Å². The third-order valence-corrected chi connectivity index (χ3v) is 3.67. The summed E-state index contributed by atoms with van der Waals surface area (Å²) in [5.74, 6) is -0.114. The quantitative estimate of drug-likeness (QED) is 0.794. The molecule has 1 amide bonds. The van der Waals surface area contributed by atoms with Crippen LogP contribution in [0.15, 0.2) is 6.07 Å². The lowest BCUT2D eigenvalue weighted by molar-refractivity contribution is 0.0953. The molecule has 0 fully saturated rings. The molecule has 0 spiro atoms. The van der Waals surface area contributed by atoms with Crippen LogP contribution in [-0.4, -0.2) is 16.9 Å². The van der Waals surface area contributed by atoms with Gasteiger partial charge in [0.2, 0.25) is 0 Å². The van der Waals surface area contributed by atoms with Gasteiger partial charge < -0.3 is 11.1 Å². The van der Waals surface area contributed by atoms with Crippen molar-refractivity contribution in [1.29, 1.82) is 0 Å². The molecule has 0 saturated carbocycles. The van der Waals surface area contributed by atoms with Gasteiger partial charge in [-0.25, -0.2) is 0 Å². The van der Waals surface area contributed by atoms with Crippen LogP contribution in [0.25, 0.3) is 0 Å². The molecule has 0 aliphatic heterocycles. The molecular formula is C10H14N2OS2. The maximum absolute atomic E-state index is 11.7. The van der Waals surface area contributed by atoms with Gasteiger partial charge >= 0.3 is 0 Å². The molecule has 1 rings (SSSR count). The number of amides is 1. The van der Waals surface area contributed by atoms with E-state index in [9.17, 15) is 4.79 Å². The molecule has 1 heterocycles. The summed E-state index contributed by atoms with van der Waals surface area (Å²) in [5.41, 5.74) is 6.55. The van der Waals surface area contributed by atoms with Crippen molar-refractivity contribution in [3.8, 4) is 0 Å². The van der Waals surface area contributed by atoms with Crippen molar-refractivity contribution < 1.29 is 4.79 Å². The van der Waals surface area contributed by atoms with E-state index in [-0.39, 0.29) is 11.9 Å². The molecule has 0 bridgehead atoms. The molecule has 1 atom stereocenters. The summed E-state index contributed by atoms with van der Waals surface area (Å²) in [4.78, 5) is 13.9. The van der Waals surface area contributed by atoms with Crippen molar-refractivity contribution in [3.63, 3.8) is 0 Å². The Morgan fingerprint density at radius 3 is 2.60 bits per heavy atom. The van der Waals surface area contributed by atoms with Crippen LogP contribution in [-0.2, 0) is 0 Å². The minimum absolute atomic E-state index is 0.114. The summed E-state index contributed by atoms with van der Waals surface area (Å²) in [6.07, 6.45) is 0. The summed E-state index contributed by atoms with van der Waals surface area (Å²) in [5, 5.41) is 2.74. The number of hydrogen-bond acceptors (Lipinski definition) is 3. The van der Waals surface area contributed by atoms with Gasteiger partial charge in [-0.2, -0.15) is 0 Å². The second-order valence-corrected chi connectivity index (χ2v) is 5.18. The fourth-order valence-corrected chi connectivity index (χ4v) is 2.02. The molecular weight excluding hydrogens is 228 g/mol. The first-order valence-electron chi connectivity index (χ1n) is 4.59. The van der Waals surface area contributed by atoms with Gasteiger partial charge in [-0.3, -0.25) is 4.79 Å². The average Bonchev–Trinajstić information content (AvgIpc) is 2.46. The molecule has 5 heteroatoms. The maximum atomic E-state index is 11.7. The maximum Gasteiger partial charge on any atom is 0.261 e. The lowest BCUT2D eigenvalue weighted by atomic mass is 10.2. The van der Waals surface area contributed by atoms with Crippen LogP contribution < -0.4 is 11.1 Å². The predicted octanol–water partition coefficient (Wildman–Crippen LogP) is 1.77. The Morgan fingerprint density at radius 2 is 2.20 bits per heavy atom. The van der Waals surface area contributed by atoms with Crippen molar-refractivity contribution in [2.24, 2.45) is 5.73 Å². The largest absolute Gasteiger partial charge is 0.392 e. The SMILES string of the molecule is Cc1cc(C(=O)NC(C)C(N)=S)sc1C. The van der Waals surface area contributed by atoms with Crippen LogP contribution in [0.1, 0.15) is 27.0 Å². The second kappa shape index (κ2) is 4.72. The van der Waals surface area contributed by atoms with Gasteiger partial charge in [0.25, 0.3) is 5.91 Å². The van der Waals surface area contributed by atoms with Gasteiger partial charge in [0, 0.05) is 4.88 Å². The number of thiophene rings is 1. The van der Waals surface area contributed by atoms with Gasteiger partial charge in [0.1, 0.15) is 0 Å². The third-order valence-electron chi connectivity index (χ3n) is 2.16. The Kier molecular flexibility index (Phi) is 3.82. The highest BCUT2D eigenvalue weighted by Crippen LogP contribution is 2.20. The van der Waals surface area contributed by atoms with Gasteiger partial charge in [-0.05, 0) is 32.4 Å². The van der Waals surface area contributed by atoms with Crippen molar-refractivity contribution in [1.82, 2.24) is 5.32 Å². The summed E-state index contributed by atoms with van der Waals surface area (Å²) >= 11 is 6.26. The van der Waals surface area contributed by atoms with Crippen molar-refractivity contribution in [3.05, 3.63) is 21.4 Å². The topological polar surface area (TPSA) is 55.1 Å². The van der Waals surface area contributed by atoms with E-state index in [1.807, 2.05) is 19.9 Å². The molecule has 3 nitrogen and oxygen atoms in total. The number of nitrogens with two attached hydrogens (primary N) is 1. The normalized spacial score (nSPS) is 12.2. The van der Waals surface area contributed by atoms with Crippen LogP contribution >= 0.6 is 23.6 Å². The minimum atomic E-state index is -0.268. The molecule has 0 aliphatic carbocycles. The van der Waals surface area contributed by atoms with Gasteiger partial charge in [0.15, 0.2) is 0 Å². The number of nitrogens with one attached hydrogen (secondary N) is 1. The van der Waals surface area contributed by atoms with E-state index in [1.165, 1.54) is 11.3 Å². The van der Waals surface area contributed by atoms with E-state index in [0.717, 1.165) is 10.4 Å². The summed E-state index contributed by atoms with van der Waals surface area (Å²) in [7, 11) is 0. The molecule has 3 N–H and O–H groups in total. The number of aryl methyl sites for hydroxylation is 2. The number of thiocarbonyl (C=S) groups is 1. The molecule has 0 aliphatic rings. The fraction of sp³-hybridized carbons (Fsp3) is 0.400. The smallest absolute Gasteiger partial charge is 0.261 e. The Bertz CT molecular complexity index is 379. The molecule has 0 saturated heterocycles. The Morgan fingerprint density at radius 1 is 1.60 bits per heavy atom. The summed E-state index contributed by atoms with van der Waals surface area (Å²) < 4.78 is 0. The van der Waals surface area contributed by atoms with Crippen LogP contribution in [0.5, 0.6) is 0 Å². The minimum Gasteiger partial charge on any atom is -0.392 e. The van der Waals surface area contributed by atoms with E-state index in [2.05, 4.69) is 5.32 Å². The highest BCUT2D eigenvalue weighted by molar-refractivity contribution is 7.80. The van der Waals surface area contributed by atoms with E-state index < -0.39 is 0 Å². The average molecular weight is 242 g/mol. The highest BCUT2D eigenvalue weighted by Gasteiger charge is 2.14. The van der Waals surface area contributed by atoms with Gasteiger partial charge in [-0.15, -0.1) is 11.3 Å². The molecule has 1 aromatic heterocycles. The fourth-order valence-electron chi connectivity index (χ4n) is 1.02. The number of carbonyl (C=O) groups is 1. The zero-order valence-corrected chi connectivity index (χ0v) is 10.6. The molecule has 1 aromatic rings. The zero-order chi connectivity index (χ0) is 11.6. The monoisotopic (exact) mass is 242 g/mol. The second-order valence-electron chi connectivity index (χ2n) is 3.45. The van der Waals surface area contributed by atoms with Crippen LogP contribution in [0, 0.1) is 13.8 Å². The first kappa shape index (κ1) is 12.1. The summed E-state index contributed by atoms with van der Waals surface area (Å²) in [6.45, 7) is 5.75. The predicted molar refractivity (Wildman–Crippen MR) is 67.5 cm³/mol. The van der Waals surface area contributed by atoms with Crippen LogP contribution in [0.4, 0.5) is 0 Å². The molecule has 0 aromatic carbocycles. The van der Waals surface area contributed by atoms with Gasteiger partial charge in [-0.1, -0.05) is 12.2 Å². The molecule has 1 unspecified atom stereocenters. The van der Waals surface area contributed by atoms with E-state index >= 15 is 0 Å². The molecule has 0 radical (unpaired) electrons. The van der Waals surface area contributed by atoms with E-state index in [1.54, 1.807) is 6.92 Å². The third kappa shape index (κ3) is 3.00. The zero-order valence-electron chi connectivity index (χ0n) is 8.96. The number of hydrogen-bond donors (Lipinski definition) is 2. The standard InChI is InChI=1S/C10H14N2OS2/c1-5-4-8(15-7(5)3)10(13)12-6(2)9(11)14/h4,6H,1-3H3,(H2,11,14)(H,12,13). The number of rotatable bonds is 3. The Labute approximate surface area is 98.7 Å². The van der Waals surface area contributed by atoms with Gasteiger partial charge in [0.05, 0.1) is 15.9 Å². The Balaban J connectivity index is 2.73. The van der Waals surface area contributed by atoms with Crippen molar-refractivity contribution in [2.75, 3.05) is 0 Å². The Hall–Kier alpha value is -0.940. The van der Waals surface area contributed by atoms with E-state index in [4.69, 9.17) is 18.0 Å². The van der Waals surface area contributed by atoms with Crippen molar-refractivity contribution in [2.45, 2.75) is 26.8 Å². The lowest BCUT2D eigenvalue weighted by Gasteiger charge is -2.10. The highest BCUT2D eigenvalue weighted by atomic mass is 32.1. The van der Waals surface area contributed by atoms with E-state index in [0.29, 0.717) is 9.87 Å². The molecule has 15 heavy (non-hydrogen) atoms. The van der Waals surface area contributed by atoms with Crippen LogP contribution in [0.3, 0.4) is 0 Å². The lowest BCUT2D eigenvalue weighted by Crippen LogP contribution is -2.40. The first-order valence-corrected chi connectivity index (χ1v) is 5.81. The summed E-state index contributed by atoms with van der Waals surface area (Å²) in [6, 6.07) is 1.61. The molecule has 82 valence electrons. The number of carbonyl (C=O) groups excluding carboxylic acids is 1. The van der Waals surface area contributed by atoms with Crippen molar-refractivity contribution >= 4 is 34.5 Å².